The monoisotopic (exact) mass is 251 g/mol. The molecule has 0 atom stereocenters. The Bertz CT molecular complexity index is 380. The van der Waals surface area contributed by atoms with Gasteiger partial charge in [0.2, 0.25) is 0 Å². The van der Waals surface area contributed by atoms with Crippen LogP contribution in [0.4, 0.5) is 4.79 Å². The molecule has 0 radical (unpaired) electrons. The third-order valence-electron chi connectivity index (χ3n) is 2.43. The molecule has 1 rings (SSSR count). The Morgan fingerprint density at radius 3 is 2.78 bits per heavy atom. The van der Waals surface area contributed by atoms with Gasteiger partial charge in [0.25, 0.3) is 0 Å². The van der Waals surface area contributed by atoms with Gasteiger partial charge in [0.05, 0.1) is 7.11 Å². The smallest absolute Gasteiger partial charge is 0.315 e. The van der Waals surface area contributed by atoms with Gasteiger partial charge in [-0.05, 0) is 31.8 Å². The van der Waals surface area contributed by atoms with Crippen LogP contribution < -0.4 is 15.4 Å². The highest BCUT2D eigenvalue weighted by Crippen LogP contribution is 2.11. The van der Waals surface area contributed by atoms with E-state index in [1.807, 2.05) is 43.3 Å². The first-order valence-corrected chi connectivity index (χ1v) is 5.91. The van der Waals surface area contributed by atoms with Crippen LogP contribution in [0.1, 0.15) is 5.56 Å². The fourth-order valence-corrected chi connectivity index (χ4v) is 1.42. The number of benzene rings is 1. The maximum atomic E-state index is 11.5. The van der Waals surface area contributed by atoms with Crippen molar-refractivity contribution in [3.05, 3.63) is 29.8 Å². The molecule has 2 N–H and O–H groups in total. The number of ether oxygens (including phenoxy) is 1. The zero-order valence-electron chi connectivity index (χ0n) is 11.2. The van der Waals surface area contributed by atoms with E-state index >= 15 is 0 Å². The molecule has 0 fully saturated rings. The molecule has 0 unspecified atom stereocenters. The summed E-state index contributed by atoms with van der Waals surface area (Å²) in [6.07, 6.45) is 0. The summed E-state index contributed by atoms with van der Waals surface area (Å²) >= 11 is 0. The van der Waals surface area contributed by atoms with Crippen molar-refractivity contribution in [1.82, 2.24) is 15.5 Å². The summed E-state index contributed by atoms with van der Waals surface area (Å²) < 4.78 is 5.12. The molecular formula is C13H21N3O2. The first-order valence-electron chi connectivity index (χ1n) is 5.91. The second-order valence-electron chi connectivity index (χ2n) is 4.26. The van der Waals surface area contributed by atoms with Crippen molar-refractivity contribution in [2.75, 3.05) is 34.3 Å². The Morgan fingerprint density at radius 1 is 1.33 bits per heavy atom. The molecule has 100 valence electrons. The van der Waals surface area contributed by atoms with Gasteiger partial charge in [0, 0.05) is 19.6 Å². The third-order valence-corrected chi connectivity index (χ3v) is 2.43. The lowest BCUT2D eigenvalue weighted by molar-refractivity contribution is 0.239. The number of carbonyl (C=O) groups is 1. The maximum Gasteiger partial charge on any atom is 0.315 e. The Balaban J connectivity index is 2.29. The first kappa shape index (κ1) is 14.3. The molecule has 5 nitrogen and oxygen atoms in total. The molecule has 2 amide bonds. The number of nitrogens with one attached hydrogen (secondary N) is 2. The fourth-order valence-electron chi connectivity index (χ4n) is 1.42. The van der Waals surface area contributed by atoms with Crippen molar-refractivity contribution in [2.24, 2.45) is 0 Å². The van der Waals surface area contributed by atoms with Gasteiger partial charge in [-0.25, -0.2) is 4.79 Å². The van der Waals surface area contributed by atoms with Gasteiger partial charge in [-0.3, -0.25) is 0 Å². The highest BCUT2D eigenvalue weighted by molar-refractivity contribution is 5.73. The lowest BCUT2D eigenvalue weighted by Gasteiger charge is -2.11. The summed E-state index contributed by atoms with van der Waals surface area (Å²) in [7, 11) is 5.56. The number of urea groups is 1. The molecule has 5 heteroatoms. The van der Waals surface area contributed by atoms with Crippen LogP contribution in [0.3, 0.4) is 0 Å². The van der Waals surface area contributed by atoms with Crippen molar-refractivity contribution in [3.8, 4) is 5.75 Å². The van der Waals surface area contributed by atoms with Crippen molar-refractivity contribution in [1.29, 1.82) is 0 Å². The Labute approximate surface area is 108 Å². The average Bonchev–Trinajstić information content (AvgIpc) is 2.36. The number of likely N-dealkylation sites (N-methyl/N-ethyl adjacent to an activating group) is 1. The SMILES string of the molecule is COc1cccc(CNC(=O)NCCN(C)C)c1. The zero-order valence-corrected chi connectivity index (χ0v) is 11.2. The number of amides is 2. The summed E-state index contributed by atoms with van der Waals surface area (Å²) in [6, 6.07) is 7.48. The largest absolute Gasteiger partial charge is 0.497 e. The topological polar surface area (TPSA) is 53.6 Å². The lowest BCUT2D eigenvalue weighted by Crippen LogP contribution is -2.38. The van der Waals surface area contributed by atoms with Crippen LogP contribution in [-0.4, -0.2) is 45.2 Å². The fraction of sp³-hybridized carbons (Fsp3) is 0.462. The van der Waals surface area contributed by atoms with E-state index in [2.05, 4.69) is 10.6 Å². The Kier molecular flexibility index (Phi) is 6.00. The molecular weight excluding hydrogens is 230 g/mol. The van der Waals surface area contributed by atoms with Crippen LogP contribution in [0.5, 0.6) is 5.75 Å². The van der Waals surface area contributed by atoms with Crippen LogP contribution in [0.2, 0.25) is 0 Å². The van der Waals surface area contributed by atoms with E-state index < -0.39 is 0 Å². The predicted octanol–water partition coefficient (Wildman–Crippen LogP) is 1.06. The molecule has 0 aliphatic heterocycles. The summed E-state index contributed by atoms with van der Waals surface area (Å²) in [5.41, 5.74) is 1.01. The summed E-state index contributed by atoms with van der Waals surface area (Å²) in [5.74, 6) is 0.794. The van der Waals surface area contributed by atoms with Crippen molar-refractivity contribution in [2.45, 2.75) is 6.54 Å². The molecule has 18 heavy (non-hydrogen) atoms. The van der Waals surface area contributed by atoms with E-state index in [0.29, 0.717) is 13.1 Å². The van der Waals surface area contributed by atoms with Gasteiger partial charge in [-0.15, -0.1) is 0 Å². The minimum Gasteiger partial charge on any atom is -0.497 e. The van der Waals surface area contributed by atoms with E-state index in [1.54, 1.807) is 7.11 Å². The molecule has 0 saturated carbocycles. The van der Waals surface area contributed by atoms with Crippen LogP contribution in [0, 0.1) is 0 Å². The van der Waals surface area contributed by atoms with E-state index in [0.717, 1.165) is 17.9 Å². The van der Waals surface area contributed by atoms with Gasteiger partial charge in [0.15, 0.2) is 0 Å². The normalized spacial score (nSPS) is 10.2. The molecule has 0 saturated heterocycles. The van der Waals surface area contributed by atoms with E-state index in [-0.39, 0.29) is 6.03 Å². The van der Waals surface area contributed by atoms with E-state index in [9.17, 15) is 4.79 Å². The van der Waals surface area contributed by atoms with Gasteiger partial charge in [0.1, 0.15) is 5.75 Å². The van der Waals surface area contributed by atoms with Gasteiger partial charge in [-0.2, -0.15) is 0 Å². The molecule has 0 aliphatic carbocycles. The van der Waals surface area contributed by atoms with Gasteiger partial charge < -0.3 is 20.3 Å². The average molecular weight is 251 g/mol. The van der Waals surface area contributed by atoms with E-state index in [1.165, 1.54) is 0 Å². The molecule has 0 heterocycles. The van der Waals surface area contributed by atoms with Gasteiger partial charge >= 0.3 is 6.03 Å². The number of methoxy groups -OCH3 is 1. The second-order valence-corrected chi connectivity index (χ2v) is 4.26. The number of carbonyl (C=O) groups excluding carboxylic acids is 1. The lowest BCUT2D eigenvalue weighted by atomic mass is 10.2. The molecule has 1 aromatic rings. The number of hydrogen-bond donors (Lipinski definition) is 2. The number of nitrogens with zero attached hydrogens (tertiary/aromatic N) is 1. The van der Waals surface area contributed by atoms with Crippen LogP contribution >= 0.6 is 0 Å². The highest BCUT2D eigenvalue weighted by atomic mass is 16.5. The molecule has 0 spiro atoms. The molecule has 0 bridgehead atoms. The predicted molar refractivity (Wildman–Crippen MR) is 71.8 cm³/mol. The molecule has 0 aliphatic rings. The van der Waals surface area contributed by atoms with Crippen LogP contribution in [0.15, 0.2) is 24.3 Å². The van der Waals surface area contributed by atoms with E-state index in [4.69, 9.17) is 4.74 Å². The summed E-state index contributed by atoms with van der Waals surface area (Å²) in [6.45, 7) is 1.95. The zero-order chi connectivity index (χ0) is 13.4. The number of rotatable bonds is 6. The first-order chi connectivity index (χ1) is 8.61. The quantitative estimate of drug-likeness (QED) is 0.795. The van der Waals surface area contributed by atoms with Crippen LogP contribution in [-0.2, 0) is 6.54 Å². The van der Waals surface area contributed by atoms with Crippen LogP contribution in [0.25, 0.3) is 0 Å². The Hall–Kier alpha value is -1.75. The molecule has 0 aromatic heterocycles. The Morgan fingerprint density at radius 2 is 2.11 bits per heavy atom. The maximum absolute atomic E-state index is 11.5. The summed E-state index contributed by atoms with van der Waals surface area (Å²) in [4.78, 5) is 13.5. The minimum absolute atomic E-state index is 0.153. The van der Waals surface area contributed by atoms with Crippen molar-refractivity contribution < 1.29 is 9.53 Å². The van der Waals surface area contributed by atoms with Crippen molar-refractivity contribution in [3.63, 3.8) is 0 Å². The third kappa shape index (κ3) is 5.54. The highest BCUT2D eigenvalue weighted by Gasteiger charge is 2.01. The minimum atomic E-state index is -0.153. The van der Waals surface area contributed by atoms with Gasteiger partial charge in [-0.1, -0.05) is 12.1 Å². The molecule has 1 aromatic carbocycles. The number of hydrogen-bond acceptors (Lipinski definition) is 3. The standard InChI is InChI=1S/C13H21N3O2/c1-16(2)8-7-14-13(17)15-10-11-5-4-6-12(9-11)18-3/h4-6,9H,7-8,10H2,1-3H3,(H2,14,15,17). The summed E-state index contributed by atoms with van der Waals surface area (Å²) in [5, 5.41) is 5.59. The second kappa shape index (κ2) is 7.55. The van der Waals surface area contributed by atoms with Crippen molar-refractivity contribution >= 4 is 6.03 Å².